The lowest BCUT2D eigenvalue weighted by atomic mass is 9.90. The molecule has 0 spiro atoms. The van der Waals surface area contributed by atoms with Gasteiger partial charge in [-0.25, -0.2) is 9.97 Å². The Bertz CT molecular complexity index is 1090. The Hall–Kier alpha value is -3.65. The zero-order chi connectivity index (χ0) is 23.2. The molecule has 3 N–H and O–H groups in total. The third-order valence-corrected chi connectivity index (χ3v) is 5.87. The number of rotatable bonds is 7. The molecule has 2 aromatic carbocycles. The van der Waals surface area contributed by atoms with Gasteiger partial charge < -0.3 is 20.5 Å². The summed E-state index contributed by atoms with van der Waals surface area (Å²) in [6.45, 7) is 1.92. The molecular formula is C25H29N5O3. The Labute approximate surface area is 193 Å². The second-order valence-corrected chi connectivity index (χ2v) is 8.11. The van der Waals surface area contributed by atoms with E-state index in [9.17, 15) is 4.79 Å². The van der Waals surface area contributed by atoms with E-state index in [4.69, 9.17) is 15.2 Å². The Balaban J connectivity index is 1.46. The van der Waals surface area contributed by atoms with Crippen molar-refractivity contribution in [3.8, 4) is 22.6 Å². The van der Waals surface area contributed by atoms with Crippen LogP contribution in [0.3, 0.4) is 0 Å². The summed E-state index contributed by atoms with van der Waals surface area (Å²) in [5, 5.41) is 2.96. The molecule has 0 unspecified atom stereocenters. The standard InChI is InChI=1S/C25H29N5O3/c1-32-20-9-5-17(6-10-20)22-14-27-25(26)29-24(22)18-4-3-13-30(15-18)16-23(31)28-19-7-11-21(33-2)12-8-19/h5-12,14,18H,3-4,13,15-16H2,1-2H3,(H,28,31)(H2,26,27,29)/t18-/m0/s1. The molecular weight excluding hydrogens is 418 g/mol. The first-order valence-corrected chi connectivity index (χ1v) is 11.0. The number of nitrogens with zero attached hydrogens (tertiary/aromatic N) is 3. The lowest BCUT2D eigenvalue weighted by Gasteiger charge is -2.32. The van der Waals surface area contributed by atoms with E-state index in [-0.39, 0.29) is 17.8 Å². The monoisotopic (exact) mass is 447 g/mol. The average molecular weight is 448 g/mol. The number of carbonyl (C=O) groups excluding carboxylic acids is 1. The van der Waals surface area contributed by atoms with E-state index in [1.54, 1.807) is 20.4 Å². The first-order chi connectivity index (χ1) is 16.1. The van der Waals surface area contributed by atoms with Crippen molar-refractivity contribution in [1.29, 1.82) is 0 Å². The van der Waals surface area contributed by atoms with E-state index in [1.165, 1.54) is 0 Å². The van der Waals surface area contributed by atoms with Crippen molar-refractivity contribution in [3.05, 3.63) is 60.4 Å². The number of anilines is 2. The summed E-state index contributed by atoms with van der Waals surface area (Å²) in [5.74, 6) is 1.93. The third-order valence-electron chi connectivity index (χ3n) is 5.87. The smallest absolute Gasteiger partial charge is 0.238 e. The van der Waals surface area contributed by atoms with Gasteiger partial charge in [0, 0.05) is 29.9 Å². The van der Waals surface area contributed by atoms with E-state index in [1.807, 2.05) is 48.5 Å². The maximum Gasteiger partial charge on any atom is 0.238 e. The predicted octanol–water partition coefficient (Wildman–Crippen LogP) is 3.56. The Morgan fingerprint density at radius 2 is 1.76 bits per heavy atom. The van der Waals surface area contributed by atoms with Gasteiger partial charge in [0.15, 0.2) is 0 Å². The van der Waals surface area contributed by atoms with Crippen molar-refractivity contribution in [2.45, 2.75) is 18.8 Å². The van der Waals surface area contributed by atoms with Gasteiger partial charge in [-0.3, -0.25) is 9.69 Å². The SMILES string of the molecule is COc1ccc(NC(=O)CN2CCC[C@H](c3nc(N)ncc3-c3ccc(OC)cc3)C2)cc1. The number of benzene rings is 2. The number of nitrogens with one attached hydrogen (secondary N) is 1. The number of likely N-dealkylation sites (tertiary alicyclic amines) is 1. The molecule has 8 heteroatoms. The molecule has 1 amide bonds. The van der Waals surface area contributed by atoms with Gasteiger partial charge in [0.1, 0.15) is 11.5 Å². The second kappa shape index (κ2) is 10.3. The van der Waals surface area contributed by atoms with E-state index in [0.29, 0.717) is 6.54 Å². The number of nitrogen functional groups attached to an aromatic ring is 1. The molecule has 1 atom stereocenters. The van der Waals surface area contributed by atoms with Gasteiger partial charge in [-0.1, -0.05) is 12.1 Å². The normalized spacial score (nSPS) is 16.2. The van der Waals surface area contributed by atoms with Crippen LogP contribution in [0.2, 0.25) is 0 Å². The van der Waals surface area contributed by atoms with E-state index in [2.05, 4.69) is 20.2 Å². The molecule has 0 radical (unpaired) electrons. The molecule has 3 aromatic rings. The average Bonchev–Trinajstić information content (AvgIpc) is 2.84. The molecule has 1 aliphatic heterocycles. The van der Waals surface area contributed by atoms with Gasteiger partial charge >= 0.3 is 0 Å². The number of amides is 1. The third kappa shape index (κ3) is 5.59. The van der Waals surface area contributed by atoms with Crippen LogP contribution in [-0.4, -0.2) is 54.6 Å². The first-order valence-electron chi connectivity index (χ1n) is 11.0. The topological polar surface area (TPSA) is 103 Å². The molecule has 0 saturated carbocycles. The molecule has 2 heterocycles. The number of carbonyl (C=O) groups is 1. The summed E-state index contributed by atoms with van der Waals surface area (Å²) < 4.78 is 10.4. The number of piperidine rings is 1. The molecule has 1 fully saturated rings. The molecule has 33 heavy (non-hydrogen) atoms. The van der Waals surface area contributed by atoms with Crippen LogP contribution in [0.25, 0.3) is 11.1 Å². The van der Waals surface area contributed by atoms with Gasteiger partial charge in [-0.2, -0.15) is 0 Å². The summed E-state index contributed by atoms with van der Waals surface area (Å²) in [7, 11) is 3.26. The molecule has 0 aliphatic carbocycles. The van der Waals surface area contributed by atoms with Crippen LogP contribution in [0, 0.1) is 0 Å². The summed E-state index contributed by atoms with van der Waals surface area (Å²) in [4.78, 5) is 23.6. The number of ether oxygens (including phenoxy) is 2. The maximum absolute atomic E-state index is 12.6. The lowest BCUT2D eigenvalue weighted by Crippen LogP contribution is -2.40. The molecule has 172 valence electrons. The van der Waals surface area contributed by atoms with Crippen LogP contribution >= 0.6 is 0 Å². The van der Waals surface area contributed by atoms with Gasteiger partial charge in [-0.15, -0.1) is 0 Å². The molecule has 4 rings (SSSR count). The highest BCUT2D eigenvalue weighted by Gasteiger charge is 2.26. The maximum atomic E-state index is 12.6. The van der Waals surface area contributed by atoms with Crippen LogP contribution in [0.5, 0.6) is 11.5 Å². The first kappa shape index (κ1) is 22.5. The minimum atomic E-state index is -0.0432. The molecule has 1 aliphatic rings. The summed E-state index contributed by atoms with van der Waals surface area (Å²) in [5.41, 5.74) is 9.60. The highest BCUT2D eigenvalue weighted by Crippen LogP contribution is 2.34. The van der Waals surface area contributed by atoms with Crippen LogP contribution in [0.1, 0.15) is 24.5 Å². The number of nitrogens with two attached hydrogens (primary N) is 1. The van der Waals surface area contributed by atoms with Gasteiger partial charge in [-0.05, 0) is 61.3 Å². The fourth-order valence-corrected chi connectivity index (χ4v) is 4.21. The van der Waals surface area contributed by atoms with Crippen LogP contribution < -0.4 is 20.5 Å². The highest BCUT2D eigenvalue weighted by molar-refractivity contribution is 5.92. The van der Waals surface area contributed by atoms with Crippen LogP contribution in [0.4, 0.5) is 11.6 Å². The van der Waals surface area contributed by atoms with Crippen molar-refractivity contribution >= 4 is 17.5 Å². The quantitative estimate of drug-likeness (QED) is 0.571. The van der Waals surface area contributed by atoms with Gasteiger partial charge in [0.05, 0.1) is 26.5 Å². The largest absolute Gasteiger partial charge is 0.497 e. The fourth-order valence-electron chi connectivity index (χ4n) is 4.21. The number of hydrogen-bond acceptors (Lipinski definition) is 7. The van der Waals surface area contributed by atoms with Crippen molar-refractivity contribution in [2.24, 2.45) is 0 Å². The zero-order valence-corrected chi connectivity index (χ0v) is 19.0. The molecule has 0 bridgehead atoms. The van der Waals surface area contributed by atoms with Gasteiger partial charge in [0.25, 0.3) is 0 Å². The number of methoxy groups -OCH3 is 2. The van der Waals surface area contributed by atoms with Crippen molar-refractivity contribution in [2.75, 3.05) is 44.9 Å². The predicted molar refractivity (Wildman–Crippen MR) is 128 cm³/mol. The molecule has 1 aromatic heterocycles. The van der Waals surface area contributed by atoms with Crippen LogP contribution in [0.15, 0.2) is 54.7 Å². The molecule has 1 saturated heterocycles. The van der Waals surface area contributed by atoms with Crippen LogP contribution in [-0.2, 0) is 4.79 Å². The van der Waals surface area contributed by atoms with E-state index < -0.39 is 0 Å². The van der Waals surface area contributed by atoms with E-state index in [0.717, 1.165) is 59.9 Å². The van der Waals surface area contributed by atoms with E-state index >= 15 is 0 Å². The second-order valence-electron chi connectivity index (χ2n) is 8.11. The molecule has 8 nitrogen and oxygen atoms in total. The van der Waals surface area contributed by atoms with Crippen molar-refractivity contribution < 1.29 is 14.3 Å². The minimum Gasteiger partial charge on any atom is -0.497 e. The highest BCUT2D eigenvalue weighted by atomic mass is 16.5. The lowest BCUT2D eigenvalue weighted by molar-refractivity contribution is -0.117. The van der Waals surface area contributed by atoms with Gasteiger partial charge in [0.2, 0.25) is 11.9 Å². The Morgan fingerprint density at radius 3 is 2.42 bits per heavy atom. The van der Waals surface area contributed by atoms with Crippen molar-refractivity contribution in [1.82, 2.24) is 14.9 Å². The zero-order valence-electron chi connectivity index (χ0n) is 19.0. The number of hydrogen-bond donors (Lipinski definition) is 2. The number of aromatic nitrogens is 2. The summed E-state index contributed by atoms with van der Waals surface area (Å²) in [6, 6.07) is 15.2. The summed E-state index contributed by atoms with van der Waals surface area (Å²) in [6.07, 6.45) is 3.75. The minimum absolute atomic E-state index is 0.0432. The Morgan fingerprint density at radius 1 is 1.09 bits per heavy atom. The Kier molecular flexibility index (Phi) is 7.04. The summed E-state index contributed by atoms with van der Waals surface area (Å²) >= 11 is 0. The van der Waals surface area contributed by atoms with Crippen molar-refractivity contribution in [3.63, 3.8) is 0 Å². The fraction of sp³-hybridized carbons (Fsp3) is 0.320.